The van der Waals surface area contributed by atoms with Crippen molar-refractivity contribution >= 4 is 22.7 Å². The van der Waals surface area contributed by atoms with E-state index in [-0.39, 0.29) is 0 Å². The summed E-state index contributed by atoms with van der Waals surface area (Å²) in [6.07, 6.45) is 11.6. The van der Waals surface area contributed by atoms with E-state index >= 15 is 0 Å². The second-order valence-electron chi connectivity index (χ2n) is 8.31. The zero-order valence-electron chi connectivity index (χ0n) is 19.8. The van der Waals surface area contributed by atoms with Crippen LogP contribution in [-0.2, 0) is 6.42 Å². The summed E-state index contributed by atoms with van der Waals surface area (Å²) in [6.45, 7) is 3.19. The number of fused-ring (bicyclic) bond motifs is 1. The maximum absolute atomic E-state index is 5.49. The monoisotopic (exact) mass is 466 g/mol. The number of hydrogen-bond acceptors (Lipinski definition) is 8. The number of methoxy groups -OCH3 is 2. The summed E-state index contributed by atoms with van der Waals surface area (Å²) in [6, 6.07) is 11.8. The van der Waals surface area contributed by atoms with Crippen LogP contribution in [0.3, 0.4) is 0 Å². The van der Waals surface area contributed by atoms with E-state index in [9.17, 15) is 0 Å². The van der Waals surface area contributed by atoms with Crippen LogP contribution in [0.25, 0.3) is 10.9 Å². The number of hydrogen-bond donors (Lipinski definition) is 0. The predicted octanol–water partition coefficient (Wildman–Crippen LogP) is 3.34. The minimum Gasteiger partial charge on any atom is -0.493 e. The molecule has 2 aromatic heterocycles. The van der Waals surface area contributed by atoms with Gasteiger partial charge >= 0.3 is 0 Å². The van der Waals surface area contributed by atoms with Crippen LogP contribution in [0, 0.1) is 12.3 Å². The number of rotatable bonds is 6. The van der Waals surface area contributed by atoms with Crippen LogP contribution in [0.15, 0.2) is 55.1 Å². The van der Waals surface area contributed by atoms with E-state index < -0.39 is 0 Å². The van der Waals surface area contributed by atoms with Gasteiger partial charge in [-0.15, -0.1) is 6.42 Å². The molecule has 8 heteroatoms. The highest BCUT2D eigenvalue weighted by atomic mass is 16.5. The van der Waals surface area contributed by atoms with Crippen molar-refractivity contribution in [1.29, 1.82) is 0 Å². The van der Waals surface area contributed by atoms with Crippen LogP contribution in [0.4, 0.5) is 11.8 Å². The molecule has 1 aliphatic rings. The minimum absolute atomic E-state index is 0.652. The quantitative estimate of drug-likeness (QED) is 0.401. The number of ether oxygens (including phenoxy) is 2. The van der Waals surface area contributed by atoms with E-state index in [0.29, 0.717) is 11.5 Å². The fourth-order valence-corrected chi connectivity index (χ4v) is 4.30. The molecule has 1 aliphatic heterocycles. The average Bonchev–Trinajstić information content (AvgIpc) is 2.93. The third-order valence-electron chi connectivity index (χ3n) is 6.20. The maximum Gasteiger partial charge on any atom is 0.225 e. The Morgan fingerprint density at radius 3 is 2.14 bits per heavy atom. The van der Waals surface area contributed by atoms with Crippen LogP contribution in [0.5, 0.6) is 11.5 Å². The summed E-state index contributed by atoms with van der Waals surface area (Å²) in [5.41, 5.74) is 3.95. The SMILES string of the molecule is C#Cc1ccc(Cc2cnc(N3CCN(c4ncnc5cc(OC)c(OC)cc45)CC3)nc2)cc1. The van der Waals surface area contributed by atoms with Gasteiger partial charge in [0.2, 0.25) is 5.95 Å². The topological polar surface area (TPSA) is 76.5 Å². The van der Waals surface area contributed by atoms with Crippen LogP contribution < -0.4 is 19.3 Å². The lowest BCUT2D eigenvalue weighted by Crippen LogP contribution is -2.47. The summed E-state index contributed by atoms with van der Waals surface area (Å²) < 4.78 is 10.9. The van der Waals surface area contributed by atoms with Crippen molar-refractivity contribution in [2.45, 2.75) is 6.42 Å². The summed E-state index contributed by atoms with van der Waals surface area (Å²) in [4.78, 5) is 22.7. The zero-order chi connectivity index (χ0) is 24.2. The third kappa shape index (κ3) is 4.66. The molecule has 0 bridgehead atoms. The molecule has 0 radical (unpaired) electrons. The molecule has 2 aromatic carbocycles. The molecule has 0 aliphatic carbocycles. The average molecular weight is 467 g/mol. The van der Waals surface area contributed by atoms with Gasteiger partial charge in [-0.25, -0.2) is 19.9 Å². The van der Waals surface area contributed by atoms with E-state index in [1.807, 2.05) is 48.8 Å². The minimum atomic E-state index is 0.652. The summed E-state index contributed by atoms with van der Waals surface area (Å²) in [7, 11) is 3.25. The molecule has 0 unspecified atom stereocenters. The first kappa shape index (κ1) is 22.4. The molecule has 35 heavy (non-hydrogen) atoms. The van der Waals surface area contributed by atoms with Gasteiger partial charge in [0.1, 0.15) is 12.1 Å². The molecule has 8 nitrogen and oxygen atoms in total. The van der Waals surface area contributed by atoms with E-state index in [2.05, 4.69) is 35.7 Å². The second-order valence-corrected chi connectivity index (χ2v) is 8.31. The Hall–Kier alpha value is -4.38. The van der Waals surface area contributed by atoms with E-state index in [1.54, 1.807) is 20.5 Å². The molecule has 0 amide bonds. The van der Waals surface area contributed by atoms with Crippen molar-refractivity contribution < 1.29 is 9.47 Å². The van der Waals surface area contributed by atoms with Gasteiger partial charge in [0.05, 0.1) is 19.7 Å². The van der Waals surface area contributed by atoms with Crippen LogP contribution in [0.2, 0.25) is 0 Å². The molecule has 0 saturated carbocycles. The molecule has 0 N–H and O–H groups in total. The zero-order valence-corrected chi connectivity index (χ0v) is 19.8. The number of aromatic nitrogens is 4. The number of piperazine rings is 1. The van der Waals surface area contributed by atoms with Crippen molar-refractivity contribution in [3.63, 3.8) is 0 Å². The highest BCUT2D eigenvalue weighted by molar-refractivity contribution is 5.92. The number of terminal acetylenes is 1. The molecule has 1 fully saturated rings. The van der Waals surface area contributed by atoms with Crippen LogP contribution >= 0.6 is 0 Å². The van der Waals surface area contributed by atoms with Crippen molar-refractivity contribution in [2.24, 2.45) is 0 Å². The van der Waals surface area contributed by atoms with Crippen molar-refractivity contribution in [1.82, 2.24) is 19.9 Å². The van der Waals surface area contributed by atoms with Gasteiger partial charge in [-0.05, 0) is 29.3 Å². The highest BCUT2D eigenvalue weighted by Crippen LogP contribution is 2.35. The largest absolute Gasteiger partial charge is 0.493 e. The Morgan fingerprint density at radius 2 is 1.49 bits per heavy atom. The molecular weight excluding hydrogens is 440 g/mol. The molecule has 4 aromatic rings. The Bertz CT molecular complexity index is 1360. The molecule has 0 atom stereocenters. The first-order chi connectivity index (χ1) is 17.2. The van der Waals surface area contributed by atoms with Gasteiger partial charge in [0.15, 0.2) is 11.5 Å². The van der Waals surface area contributed by atoms with E-state index in [4.69, 9.17) is 15.9 Å². The van der Waals surface area contributed by atoms with Crippen molar-refractivity contribution in [2.75, 3.05) is 50.2 Å². The van der Waals surface area contributed by atoms with Gasteiger partial charge in [-0.2, -0.15) is 0 Å². The Labute approximate surface area is 204 Å². The van der Waals surface area contributed by atoms with Gasteiger partial charge < -0.3 is 19.3 Å². The fourth-order valence-electron chi connectivity index (χ4n) is 4.30. The number of anilines is 2. The highest BCUT2D eigenvalue weighted by Gasteiger charge is 2.22. The van der Waals surface area contributed by atoms with E-state index in [1.165, 1.54) is 5.56 Å². The normalized spacial score (nSPS) is 13.5. The summed E-state index contributed by atoms with van der Waals surface area (Å²) >= 11 is 0. The van der Waals surface area contributed by atoms with E-state index in [0.717, 1.165) is 66.4 Å². The number of benzene rings is 2. The Morgan fingerprint density at radius 1 is 0.829 bits per heavy atom. The lowest BCUT2D eigenvalue weighted by Gasteiger charge is -2.35. The Balaban J connectivity index is 1.26. The van der Waals surface area contributed by atoms with Gasteiger partial charge in [0.25, 0.3) is 0 Å². The van der Waals surface area contributed by atoms with Crippen LogP contribution in [0.1, 0.15) is 16.7 Å². The van der Waals surface area contributed by atoms with Crippen LogP contribution in [-0.4, -0.2) is 60.3 Å². The third-order valence-corrected chi connectivity index (χ3v) is 6.20. The fraction of sp³-hybridized carbons (Fsp3) is 0.259. The first-order valence-corrected chi connectivity index (χ1v) is 11.4. The van der Waals surface area contributed by atoms with Crippen molar-refractivity contribution in [3.05, 3.63) is 71.8 Å². The predicted molar refractivity (Wildman–Crippen MR) is 136 cm³/mol. The van der Waals surface area contributed by atoms with Gasteiger partial charge in [0, 0.05) is 62.0 Å². The second kappa shape index (κ2) is 9.85. The lowest BCUT2D eigenvalue weighted by molar-refractivity contribution is 0.356. The van der Waals surface area contributed by atoms with Gasteiger partial charge in [-0.3, -0.25) is 0 Å². The molecule has 1 saturated heterocycles. The molecule has 0 spiro atoms. The standard InChI is InChI=1S/C27H26N6O2/c1-4-19-5-7-20(8-6-19)13-21-16-28-27(29-17-21)33-11-9-32(10-12-33)26-22-14-24(34-2)25(35-3)15-23(22)30-18-31-26/h1,5-8,14-18H,9-13H2,2-3H3. The molecule has 5 rings (SSSR count). The lowest BCUT2D eigenvalue weighted by atomic mass is 10.1. The molecule has 176 valence electrons. The number of nitrogens with zero attached hydrogens (tertiary/aromatic N) is 6. The summed E-state index contributed by atoms with van der Waals surface area (Å²) in [5, 5.41) is 0.939. The molecule has 3 heterocycles. The first-order valence-electron chi connectivity index (χ1n) is 11.4. The van der Waals surface area contributed by atoms with Gasteiger partial charge in [-0.1, -0.05) is 18.1 Å². The summed E-state index contributed by atoms with van der Waals surface area (Å²) in [5.74, 6) is 5.59. The molecular formula is C27H26N6O2. The Kier molecular flexibility index (Phi) is 6.31. The maximum atomic E-state index is 5.49. The smallest absolute Gasteiger partial charge is 0.225 e. The van der Waals surface area contributed by atoms with Crippen molar-refractivity contribution in [3.8, 4) is 23.8 Å².